The Labute approximate surface area is 145 Å². The van der Waals surface area contributed by atoms with E-state index in [1.54, 1.807) is 18.2 Å². The number of aromatic carboxylic acids is 1. The summed E-state index contributed by atoms with van der Waals surface area (Å²) >= 11 is 0. The minimum atomic E-state index is -0.938. The number of nitrogens with zero attached hydrogens (tertiary/aromatic N) is 1. The van der Waals surface area contributed by atoms with Crippen LogP contribution in [0.1, 0.15) is 17.3 Å². The largest absolute Gasteiger partial charge is 0.478 e. The Hall–Kier alpha value is -3.27. The fourth-order valence-electron chi connectivity index (χ4n) is 3.41. The molecular weight excluding hydrogens is 312 g/mol. The van der Waals surface area contributed by atoms with Gasteiger partial charge in [0.05, 0.1) is 11.3 Å². The van der Waals surface area contributed by atoms with Gasteiger partial charge in [-0.05, 0) is 43.3 Å². The van der Waals surface area contributed by atoms with Gasteiger partial charge in [0.1, 0.15) is 0 Å². The van der Waals surface area contributed by atoms with Crippen LogP contribution in [0.4, 0.5) is 11.4 Å². The Kier molecular flexibility index (Phi) is 3.65. The molecule has 3 aromatic carbocycles. The molecule has 0 aliphatic carbocycles. The van der Waals surface area contributed by atoms with E-state index in [1.807, 2.05) is 18.2 Å². The van der Waals surface area contributed by atoms with Crippen molar-refractivity contribution in [3.05, 3.63) is 72.3 Å². The summed E-state index contributed by atoms with van der Waals surface area (Å²) < 4.78 is 2.29. The molecule has 2 N–H and O–H groups in total. The first-order chi connectivity index (χ1) is 12.2. The number of rotatable bonds is 4. The molecule has 124 valence electrons. The van der Waals surface area contributed by atoms with Crippen molar-refractivity contribution in [1.82, 2.24) is 4.57 Å². The van der Waals surface area contributed by atoms with Crippen molar-refractivity contribution < 1.29 is 9.90 Å². The van der Waals surface area contributed by atoms with Crippen LogP contribution < -0.4 is 5.32 Å². The summed E-state index contributed by atoms with van der Waals surface area (Å²) in [6, 6.07) is 21.5. The molecule has 0 atom stereocenters. The van der Waals surface area contributed by atoms with Gasteiger partial charge in [0.2, 0.25) is 0 Å². The van der Waals surface area contributed by atoms with Gasteiger partial charge in [-0.25, -0.2) is 4.79 Å². The predicted molar refractivity (Wildman–Crippen MR) is 102 cm³/mol. The van der Waals surface area contributed by atoms with Crippen LogP contribution in [0.3, 0.4) is 0 Å². The van der Waals surface area contributed by atoms with Gasteiger partial charge in [0, 0.05) is 34.0 Å². The molecule has 25 heavy (non-hydrogen) atoms. The third-order valence-electron chi connectivity index (χ3n) is 4.53. The highest BCUT2D eigenvalue weighted by Crippen LogP contribution is 2.32. The number of anilines is 2. The van der Waals surface area contributed by atoms with Gasteiger partial charge in [0.15, 0.2) is 0 Å². The fraction of sp³-hybridized carbons (Fsp3) is 0.0952. The summed E-state index contributed by atoms with van der Waals surface area (Å²) in [5.41, 5.74) is 4.12. The third-order valence-corrected chi connectivity index (χ3v) is 4.53. The van der Waals surface area contributed by atoms with Gasteiger partial charge in [-0.3, -0.25) is 0 Å². The van der Waals surface area contributed by atoms with Crippen LogP contribution >= 0.6 is 0 Å². The molecule has 0 saturated heterocycles. The number of hydrogen-bond acceptors (Lipinski definition) is 2. The van der Waals surface area contributed by atoms with Gasteiger partial charge >= 0.3 is 5.97 Å². The lowest BCUT2D eigenvalue weighted by atomic mass is 10.1. The second-order valence-electron chi connectivity index (χ2n) is 5.97. The number of nitrogens with one attached hydrogen (secondary N) is 1. The average molecular weight is 330 g/mol. The van der Waals surface area contributed by atoms with Crippen LogP contribution in [-0.2, 0) is 6.54 Å². The maximum absolute atomic E-state index is 11.4. The molecule has 0 fully saturated rings. The Balaban J connectivity index is 1.85. The quantitative estimate of drug-likeness (QED) is 0.537. The van der Waals surface area contributed by atoms with E-state index in [1.165, 1.54) is 16.4 Å². The molecule has 4 nitrogen and oxygen atoms in total. The van der Waals surface area contributed by atoms with Crippen LogP contribution in [0.25, 0.3) is 21.8 Å². The maximum atomic E-state index is 11.4. The SMILES string of the molecule is CCn1c2ccccc2c2cc(Nc3ccccc3C(=O)O)ccc21. The van der Waals surface area contributed by atoms with Crippen molar-refractivity contribution in [2.75, 3.05) is 5.32 Å². The fourth-order valence-corrected chi connectivity index (χ4v) is 3.41. The van der Waals surface area contributed by atoms with Gasteiger partial charge < -0.3 is 15.0 Å². The first-order valence-electron chi connectivity index (χ1n) is 8.29. The number of hydrogen-bond donors (Lipinski definition) is 2. The molecule has 1 heterocycles. The van der Waals surface area contributed by atoms with E-state index in [0.717, 1.165) is 17.6 Å². The van der Waals surface area contributed by atoms with Crippen LogP contribution in [0, 0.1) is 0 Å². The molecule has 1 aromatic heterocycles. The number of para-hydroxylation sites is 2. The highest BCUT2D eigenvalue weighted by molar-refractivity contribution is 6.09. The lowest BCUT2D eigenvalue weighted by Crippen LogP contribution is -2.02. The number of aromatic nitrogens is 1. The predicted octanol–water partition coefficient (Wildman–Crippen LogP) is 5.26. The number of benzene rings is 3. The average Bonchev–Trinajstić information content (AvgIpc) is 2.95. The molecule has 0 bridgehead atoms. The Morgan fingerprint density at radius 2 is 1.68 bits per heavy atom. The smallest absolute Gasteiger partial charge is 0.337 e. The van der Waals surface area contributed by atoms with Gasteiger partial charge in [-0.2, -0.15) is 0 Å². The van der Waals surface area contributed by atoms with E-state index in [4.69, 9.17) is 0 Å². The molecule has 4 aromatic rings. The van der Waals surface area contributed by atoms with Gasteiger partial charge in [-0.15, -0.1) is 0 Å². The summed E-state index contributed by atoms with van der Waals surface area (Å²) in [7, 11) is 0. The van der Waals surface area contributed by atoms with E-state index in [9.17, 15) is 9.90 Å². The van der Waals surface area contributed by atoms with Crippen molar-refractivity contribution in [1.29, 1.82) is 0 Å². The van der Waals surface area contributed by atoms with Crippen molar-refractivity contribution >= 4 is 39.1 Å². The van der Waals surface area contributed by atoms with E-state index in [2.05, 4.69) is 47.1 Å². The normalized spacial score (nSPS) is 11.1. The Bertz CT molecular complexity index is 1100. The summed E-state index contributed by atoms with van der Waals surface area (Å²) in [4.78, 5) is 11.4. The molecule has 0 aliphatic heterocycles. The summed E-state index contributed by atoms with van der Waals surface area (Å²) in [6.07, 6.45) is 0. The second kappa shape index (κ2) is 5.98. The second-order valence-corrected chi connectivity index (χ2v) is 5.97. The standard InChI is InChI=1S/C21H18N2O2/c1-2-23-19-10-6-4-7-15(19)17-13-14(11-12-20(17)23)22-18-9-5-3-8-16(18)21(24)25/h3-13,22H,2H2,1H3,(H,24,25). The zero-order valence-corrected chi connectivity index (χ0v) is 13.9. The zero-order valence-electron chi connectivity index (χ0n) is 13.9. The van der Waals surface area contributed by atoms with Crippen molar-refractivity contribution in [3.8, 4) is 0 Å². The van der Waals surface area contributed by atoms with Crippen LogP contribution in [0.2, 0.25) is 0 Å². The van der Waals surface area contributed by atoms with Crippen molar-refractivity contribution in [2.24, 2.45) is 0 Å². The first-order valence-corrected chi connectivity index (χ1v) is 8.29. The molecule has 0 unspecified atom stereocenters. The topological polar surface area (TPSA) is 54.3 Å². The maximum Gasteiger partial charge on any atom is 0.337 e. The first kappa shape index (κ1) is 15.3. The minimum absolute atomic E-state index is 0.263. The number of aryl methyl sites for hydroxylation is 1. The highest BCUT2D eigenvalue weighted by Gasteiger charge is 2.12. The molecule has 0 amide bonds. The molecule has 0 radical (unpaired) electrons. The lowest BCUT2D eigenvalue weighted by molar-refractivity contribution is 0.0698. The monoisotopic (exact) mass is 330 g/mol. The molecule has 4 rings (SSSR count). The molecule has 0 aliphatic rings. The van der Waals surface area contributed by atoms with E-state index < -0.39 is 5.97 Å². The summed E-state index contributed by atoms with van der Waals surface area (Å²) in [6.45, 7) is 3.04. The van der Waals surface area contributed by atoms with Crippen molar-refractivity contribution in [3.63, 3.8) is 0 Å². The van der Waals surface area contributed by atoms with E-state index >= 15 is 0 Å². The van der Waals surface area contributed by atoms with Crippen LogP contribution in [0.5, 0.6) is 0 Å². The van der Waals surface area contributed by atoms with Gasteiger partial charge in [0.25, 0.3) is 0 Å². The lowest BCUT2D eigenvalue weighted by Gasteiger charge is -2.10. The third kappa shape index (κ3) is 2.52. The zero-order chi connectivity index (χ0) is 17.4. The molecule has 4 heteroatoms. The minimum Gasteiger partial charge on any atom is -0.478 e. The Morgan fingerprint density at radius 3 is 2.48 bits per heavy atom. The van der Waals surface area contributed by atoms with Gasteiger partial charge in [-0.1, -0.05) is 30.3 Å². The number of carboxylic acids is 1. The Morgan fingerprint density at radius 1 is 0.960 bits per heavy atom. The molecule has 0 saturated carbocycles. The van der Waals surface area contributed by atoms with Crippen LogP contribution in [-0.4, -0.2) is 15.6 Å². The van der Waals surface area contributed by atoms with Crippen LogP contribution in [0.15, 0.2) is 66.7 Å². The summed E-state index contributed by atoms with van der Waals surface area (Å²) in [5.74, 6) is -0.938. The van der Waals surface area contributed by atoms with Crippen molar-refractivity contribution in [2.45, 2.75) is 13.5 Å². The number of fused-ring (bicyclic) bond motifs is 3. The number of carbonyl (C=O) groups is 1. The molecule has 0 spiro atoms. The number of carboxylic acid groups (broad SMARTS) is 1. The summed E-state index contributed by atoms with van der Waals surface area (Å²) in [5, 5.41) is 15.0. The van der Waals surface area contributed by atoms with E-state index in [0.29, 0.717) is 5.69 Å². The van der Waals surface area contributed by atoms with E-state index in [-0.39, 0.29) is 5.56 Å². The molecular formula is C21H18N2O2. The highest BCUT2D eigenvalue weighted by atomic mass is 16.4.